The lowest BCUT2D eigenvalue weighted by Gasteiger charge is -2.13. The fourth-order valence-corrected chi connectivity index (χ4v) is 2.27. The predicted molar refractivity (Wildman–Crippen MR) is 99.3 cm³/mol. The molecule has 0 bridgehead atoms. The fraction of sp³-hybridized carbons (Fsp3) is 0.158. The van der Waals surface area contributed by atoms with Crippen LogP contribution in [0.3, 0.4) is 0 Å². The van der Waals surface area contributed by atoms with Gasteiger partial charge in [0.05, 0.1) is 17.8 Å². The zero-order valence-electron chi connectivity index (χ0n) is 14.5. The predicted octanol–water partition coefficient (Wildman–Crippen LogP) is 3.78. The second kappa shape index (κ2) is 9.05. The topological polar surface area (TPSA) is 84.9 Å². The highest BCUT2D eigenvalue weighted by Gasteiger charge is 2.18. The van der Waals surface area contributed by atoms with Crippen molar-refractivity contribution in [1.29, 1.82) is 0 Å². The number of nitrogens with one attached hydrogen (secondary N) is 1. The van der Waals surface area contributed by atoms with Gasteiger partial charge in [-0.1, -0.05) is 17.7 Å². The van der Waals surface area contributed by atoms with Crippen molar-refractivity contribution in [3.05, 3.63) is 58.9 Å². The molecule has 2 N–H and O–H groups in total. The molecule has 0 fully saturated rings. The van der Waals surface area contributed by atoms with Crippen LogP contribution >= 0.6 is 11.6 Å². The van der Waals surface area contributed by atoms with E-state index >= 15 is 0 Å². The summed E-state index contributed by atoms with van der Waals surface area (Å²) in [6.07, 6.45) is 1.49. The second-order valence-corrected chi connectivity index (χ2v) is 5.86. The summed E-state index contributed by atoms with van der Waals surface area (Å²) in [6, 6.07) is 8.05. The van der Waals surface area contributed by atoms with E-state index in [2.05, 4.69) is 5.32 Å². The van der Waals surface area contributed by atoms with Gasteiger partial charge in [-0.25, -0.2) is 9.18 Å². The van der Waals surface area contributed by atoms with Crippen LogP contribution in [-0.2, 0) is 14.3 Å². The molecular formula is C19H17ClFNO5. The first-order valence-corrected chi connectivity index (χ1v) is 8.19. The summed E-state index contributed by atoms with van der Waals surface area (Å²) in [4.78, 5) is 23.9. The van der Waals surface area contributed by atoms with E-state index in [0.29, 0.717) is 5.56 Å². The third-order valence-corrected chi connectivity index (χ3v) is 3.78. The number of anilines is 1. The third kappa shape index (κ3) is 5.72. The summed E-state index contributed by atoms with van der Waals surface area (Å²) in [5, 5.41) is 12.0. The van der Waals surface area contributed by atoms with Crippen LogP contribution in [0.4, 0.5) is 10.1 Å². The number of carbonyl (C=O) groups is 2. The SMILES string of the molecule is COc1cc(/C=C/C(=O)O[C@H](C)C(=O)Nc2ccc(F)cc2Cl)ccc1O. The summed E-state index contributed by atoms with van der Waals surface area (Å²) in [5.41, 5.74) is 0.800. The monoisotopic (exact) mass is 393 g/mol. The summed E-state index contributed by atoms with van der Waals surface area (Å²) in [5.74, 6) is -1.66. The average molecular weight is 394 g/mol. The molecule has 0 aliphatic heterocycles. The van der Waals surface area contributed by atoms with Crippen molar-refractivity contribution in [2.45, 2.75) is 13.0 Å². The highest BCUT2D eigenvalue weighted by molar-refractivity contribution is 6.33. The molecule has 2 rings (SSSR count). The number of hydrogen-bond acceptors (Lipinski definition) is 5. The van der Waals surface area contributed by atoms with Crippen molar-refractivity contribution < 1.29 is 28.6 Å². The van der Waals surface area contributed by atoms with E-state index in [-0.39, 0.29) is 22.2 Å². The lowest BCUT2D eigenvalue weighted by Crippen LogP contribution is -2.29. The molecular weight excluding hydrogens is 377 g/mol. The highest BCUT2D eigenvalue weighted by Crippen LogP contribution is 2.26. The highest BCUT2D eigenvalue weighted by atomic mass is 35.5. The number of esters is 1. The molecule has 2 aromatic carbocycles. The van der Waals surface area contributed by atoms with E-state index in [0.717, 1.165) is 18.2 Å². The first-order valence-electron chi connectivity index (χ1n) is 7.81. The minimum absolute atomic E-state index is 0.0260. The van der Waals surface area contributed by atoms with Crippen molar-refractivity contribution >= 4 is 35.2 Å². The van der Waals surface area contributed by atoms with Crippen molar-refractivity contribution in [2.24, 2.45) is 0 Å². The minimum Gasteiger partial charge on any atom is -0.504 e. The largest absolute Gasteiger partial charge is 0.504 e. The molecule has 0 aliphatic rings. The van der Waals surface area contributed by atoms with Gasteiger partial charge in [-0.2, -0.15) is 0 Å². The van der Waals surface area contributed by atoms with Crippen molar-refractivity contribution in [3.63, 3.8) is 0 Å². The maximum atomic E-state index is 13.0. The van der Waals surface area contributed by atoms with Gasteiger partial charge in [-0.15, -0.1) is 0 Å². The van der Waals surface area contributed by atoms with Gasteiger partial charge < -0.3 is 19.9 Å². The number of methoxy groups -OCH3 is 1. The van der Waals surface area contributed by atoms with Gasteiger partial charge in [0, 0.05) is 6.08 Å². The summed E-state index contributed by atoms with van der Waals surface area (Å²) in [6.45, 7) is 1.39. The fourth-order valence-electron chi connectivity index (χ4n) is 2.05. The lowest BCUT2D eigenvalue weighted by atomic mass is 10.2. The molecule has 0 radical (unpaired) electrons. The van der Waals surface area contributed by atoms with Crippen molar-refractivity contribution in [1.82, 2.24) is 0 Å². The van der Waals surface area contributed by atoms with Gasteiger partial charge in [0.1, 0.15) is 5.82 Å². The molecule has 1 amide bonds. The third-order valence-electron chi connectivity index (χ3n) is 3.47. The van der Waals surface area contributed by atoms with E-state index < -0.39 is 23.8 Å². The number of hydrogen-bond donors (Lipinski definition) is 2. The first-order chi connectivity index (χ1) is 12.8. The van der Waals surface area contributed by atoms with Gasteiger partial charge in [0.15, 0.2) is 17.6 Å². The van der Waals surface area contributed by atoms with Crippen LogP contribution in [-0.4, -0.2) is 30.2 Å². The second-order valence-electron chi connectivity index (χ2n) is 5.46. The van der Waals surface area contributed by atoms with Crippen LogP contribution in [0.5, 0.6) is 11.5 Å². The van der Waals surface area contributed by atoms with E-state index in [9.17, 15) is 19.1 Å². The minimum atomic E-state index is -1.10. The summed E-state index contributed by atoms with van der Waals surface area (Å²) < 4.78 is 23.0. The van der Waals surface area contributed by atoms with E-state index in [1.165, 1.54) is 38.3 Å². The Morgan fingerprint density at radius 3 is 2.67 bits per heavy atom. The lowest BCUT2D eigenvalue weighted by molar-refractivity contribution is -0.148. The van der Waals surface area contributed by atoms with Gasteiger partial charge >= 0.3 is 5.97 Å². The van der Waals surface area contributed by atoms with Gasteiger partial charge in [-0.05, 0) is 48.9 Å². The Labute approximate surface area is 160 Å². The number of halogens is 2. The number of ether oxygens (including phenoxy) is 2. The number of phenols is 1. The van der Waals surface area contributed by atoms with E-state index in [4.69, 9.17) is 21.1 Å². The molecule has 0 aromatic heterocycles. The number of carbonyl (C=O) groups excluding carboxylic acids is 2. The van der Waals surface area contributed by atoms with Crippen LogP contribution < -0.4 is 10.1 Å². The standard InChI is InChI=1S/C19H17ClFNO5/c1-11(19(25)22-15-6-5-13(21)10-14(15)20)27-18(24)8-4-12-3-7-16(23)17(9-12)26-2/h3-11,23H,1-2H3,(H,22,25)/b8-4+/t11-/m1/s1. The summed E-state index contributed by atoms with van der Waals surface area (Å²) in [7, 11) is 1.41. The van der Waals surface area contributed by atoms with E-state index in [1.54, 1.807) is 6.07 Å². The zero-order valence-corrected chi connectivity index (χ0v) is 15.3. The number of benzene rings is 2. The van der Waals surface area contributed by atoms with Crippen LogP contribution in [0.2, 0.25) is 5.02 Å². The smallest absolute Gasteiger partial charge is 0.331 e. The Kier molecular flexibility index (Phi) is 6.79. The molecule has 0 spiro atoms. The summed E-state index contributed by atoms with van der Waals surface area (Å²) >= 11 is 5.84. The molecule has 0 saturated heterocycles. The van der Waals surface area contributed by atoms with Crippen LogP contribution in [0.25, 0.3) is 6.08 Å². The molecule has 0 saturated carbocycles. The Hall–Kier alpha value is -3.06. The molecule has 142 valence electrons. The Bertz CT molecular complexity index is 884. The molecule has 0 unspecified atom stereocenters. The number of rotatable bonds is 6. The molecule has 27 heavy (non-hydrogen) atoms. The molecule has 2 aromatic rings. The number of phenolic OH excluding ortho intramolecular Hbond substituents is 1. The first kappa shape index (κ1) is 20.3. The van der Waals surface area contributed by atoms with Crippen molar-refractivity contribution in [2.75, 3.05) is 12.4 Å². The molecule has 0 heterocycles. The Morgan fingerprint density at radius 2 is 2.00 bits per heavy atom. The number of aromatic hydroxyl groups is 1. The average Bonchev–Trinajstić information content (AvgIpc) is 2.63. The van der Waals surface area contributed by atoms with Gasteiger partial charge in [-0.3, -0.25) is 4.79 Å². The molecule has 1 atom stereocenters. The zero-order chi connectivity index (χ0) is 20.0. The van der Waals surface area contributed by atoms with Crippen LogP contribution in [0.15, 0.2) is 42.5 Å². The van der Waals surface area contributed by atoms with Crippen molar-refractivity contribution in [3.8, 4) is 11.5 Å². The molecule has 6 nitrogen and oxygen atoms in total. The normalized spacial score (nSPS) is 11.9. The van der Waals surface area contributed by atoms with Crippen LogP contribution in [0, 0.1) is 5.82 Å². The number of amides is 1. The maximum Gasteiger partial charge on any atom is 0.331 e. The van der Waals surface area contributed by atoms with E-state index in [1.807, 2.05) is 0 Å². The molecule has 8 heteroatoms. The quantitative estimate of drug-likeness (QED) is 0.576. The van der Waals surface area contributed by atoms with Gasteiger partial charge in [0.25, 0.3) is 5.91 Å². The Balaban J connectivity index is 1.95. The maximum absolute atomic E-state index is 13.0. The molecule has 0 aliphatic carbocycles. The Morgan fingerprint density at radius 1 is 1.26 bits per heavy atom. The van der Waals surface area contributed by atoms with Crippen LogP contribution in [0.1, 0.15) is 12.5 Å². The van der Waals surface area contributed by atoms with Gasteiger partial charge in [0.2, 0.25) is 0 Å².